The van der Waals surface area contributed by atoms with Gasteiger partial charge >= 0.3 is 5.97 Å². The summed E-state index contributed by atoms with van der Waals surface area (Å²) in [6.07, 6.45) is 4.33. The van der Waals surface area contributed by atoms with E-state index in [1.54, 1.807) is 0 Å². The van der Waals surface area contributed by atoms with Crippen LogP contribution in [0.15, 0.2) is 55.1 Å². The Bertz CT molecular complexity index is 697. The Kier molecular flexibility index (Phi) is 3.21. The van der Waals surface area contributed by atoms with Gasteiger partial charge in [0.05, 0.1) is 6.42 Å². The number of ether oxygens (including phenoxy) is 1. The van der Waals surface area contributed by atoms with Crippen molar-refractivity contribution in [3.63, 3.8) is 0 Å². The summed E-state index contributed by atoms with van der Waals surface area (Å²) < 4.78 is 5.30. The second-order valence-corrected chi connectivity index (χ2v) is 4.74. The van der Waals surface area contributed by atoms with E-state index in [9.17, 15) is 4.79 Å². The van der Waals surface area contributed by atoms with E-state index in [1.165, 1.54) is 5.56 Å². The third-order valence-corrected chi connectivity index (χ3v) is 3.28. The lowest BCUT2D eigenvalue weighted by Gasteiger charge is -2.13. The van der Waals surface area contributed by atoms with Gasteiger partial charge in [-0.3, -0.25) is 4.79 Å². The van der Waals surface area contributed by atoms with Crippen LogP contribution in [0.4, 0.5) is 0 Å². The Balaban J connectivity index is 1.64. The number of hydrogen-bond acceptors (Lipinski definition) is 2. The molecule has 0 heterocycles. The summed E-state index contributed by atoms with van der Waals surface area (Å²) in [6.45, 7) is 3.83. The maximum Gasteiger partial charge on any atom is 0.315 e. The fraction of sp³-hybridized carbons (Fsp3) is 0.0556. The summed E-state index contributed by atoms with van der Waals surface area (Å²) in [4.78, 5) is 11.9. The summed E-state index contributed by atoms with van der Waals surface area (Å²) in [6, 6.07) is 15.4. The van der Waals surface area contributed by atoms with Gasteiger partial charge in [0.25, 0.3) is 0 Å². The number of carbonyl (C=O) groups is 1. The van der Waals surface area contributed by atoms with E-state index in [4.69, 9.17) is 4.74 Å². The third-order valence-electron chi connectivity index (χ3n) is 3.28. The van der Waals surface area contributed by atoms with Crippen LogP contribution < -0.4 is 0 Å². The van der Waals surface area contributed by atoms with Crippen LogP contribution in [0.25, 0.3) is 17.9 Å². The van der Waals surface area contributed by atoms with Crippen LogP contribution in [0, 0.1) is 0 Å². The molecule has 3 rings (SSSR count). The highest BCUT2D eigenvalue weighted by molar-refractivity contribution is 5.87. The zero-order valence-corrected chi connectivity index (χ0v) is 11.0. The molecule has 0 spiro atoms. The number of carbonyl (C=O) groups excluding carboxylic acids is 1. The molecule has 0 aromatic heterocycles. The van der Waals surface area contributed by atoms with Crippen LogP contribution in [0.3, 0.4) is 0 Å². The van der Waals surface area contributed by atoms with Gasteiger partial charge in [-0.15, -0.1) is 0 Å². The van der Waals surface area contributed by atoms with Crippen LogP contribution in [0.5, 0.6) is 0 Å². The minimum absolute atomic E-state index is 0.255. The number of rotatable bonds is 4. The molecular formula is C18H14O2. The summed E-state index contributed by atoms with van der Waals surface area (Å²) in [5.41, 5.74) is 4.14. The second kappa shape index (κ2) is 5.17. The fourth-order valence-corrected chi connectivity index (χ4v) is 2.12. The number of benzene rings is 2. The van der Waals surface area contributed by atoms with Crippen molar-refractivity contribution in [2.24, 2.45) is 0 Å². The summed E-state index contributed by atoms with van der Waals surface area (Å²) >= 11 is 0. The largest absolute Gasteiger partial charge is 0.426 e. The van der Waals surface area contributed by atoms with Crippen LogP contribution in [0.2, 0.25) is 0 Å². The van der Waals surface area contributed by atoms with Crippen molar-refractivity contribution >= 4 is 23.9 Å². The summed E-state index contributed by atoms with van der Waals surface area (Å²) in [7, 11) is 0. The topological polar surface area (TPSA) is 26.3 Å². The molecule has 0 amide bonds. The van der Waals surface area contributed by atoms with Crippen LogP contribution >= 0.6 is 0 Å². The van der Waals surface area contributed by atoms with Crippen molar-refractivity contribution in [1.82, 2.24) is 0 Å². The van der Waals surface area contributed by atoms with Gasteiger partial charge in [0.1, 0.15) is 5.76 Å². The Labute approximate surface area is 118 Å². The van der Waals surface area contributed by atoms with Gasteiger partial charge < -0.3 is 4.74 Å². The minimum Gasteiger partial charge on any atom is -0.426 e. The lowest BCUT2D eigenvalue weighted by atomic mass is 9.95. The molecule has 1 aliphatic rings. The molecule has 2 aromatic rings. The Hall–Kier alpha value is -2.61. The molecule has 0 unspecified atom stereocenters. The van der Waals surface area contributed by atoms with Crippen molar-refractivity contribution in [3.8, 4) is 0 Å². The van der Waals surface area contributed by atoms with E-state index in [0.717, 1.165) is 16.7 Å². The van der Waals surface area contributed by atoms with E-state index in [0.29, 0.717) is 5.76 Å². The molecule has 1 aliphatic carbocycles. The first-order valence-corrected chi connectivity index (χ1v) is 6.48. The maximum atomic E-state index is 11.9. The first-order valence-electron chi connectivity index (χ1n) is 6.48. The van der Waals surface area contributed by atoms with Crippen LogP contribution in [0.1, 0.15) is 22.3 Å². The molecule has 0 aliphatic heterocycles. The van der Waals surface area contributed by atoms with Gasteiger partial charge in [0.15, 0.2) is 0 Å². The van der Waals surface area contributed by atoms with E-state index in [2.05, 4.69) is 6.58 Å². The second-order valence-electron chi connectivity index (χ2n) is 4.74. The highest BCUT2D eigenvalue weighted by atomic mass is 16.5. The van der Waals surface area contributed by atoms with Gasteiger partial charge in [-0.05, 0) is 22.8 Å². The van der Waals surface area contributed by atoms with E-state index in [1.807, 2.05) is 60.7 Å². The molecule has 2 heteroatoms. The molecule has 98 valence electrons. The van der Waals surface area contributed by atoms with Crippen molar-refractivity contribution in [2.75, 3.05) is 0 Å². The zero-order valence-electron chi connectivity index (χ0n) is 11.0. The standard InChI is InChI=1S/C18H14O2/c1-13(16-9-7-15-8-10-17(15)12-16)20-18(19)11-14-5-3-2-4-6-14/h2-10,12H,1,11H2. The van der Waals surface area contributed by atoms with Gasteiger partial charge in [-0.2, -0.15) is 0 Å². The van der Waals surface area contributed by atoms with Gasteiger partial charge in [-0.1, -0.05) is 61.2 Å². The maximum absolute atomic E-state index is 11.9. The molecule has 0 fully saturated rings. The minimum atomic E-state index is -0.292. The van der Waals surface area contributed by atoms with E-state index >= 15 is 0 Å². The molecule has 20 heavy (non-hydrogen) atoms. The van der Waals surface area contributed by atoms with E-state index in [-0.39, 0.29) is 12.4 Å². The molecule has 2 aromatic carbocycles. The fourth-order valence-electron chi connectivity index (χ4n) is 2.12. The molecule has 2 nitrogen and oxygen atoms in total. The Morgan fingerprint density at radius 3 is 2.40 bits per heavy atom. The van der Waals surface area contributed by atoms with Crippen LogP contribution in [-0.4, -0.2) is 5.97 Å². The van der Waals surface area contributed by atoms with E-state index < -0.39 is 0 Å². The predicted molar refractivity (Wildman–Crippen MR) is 80.6 cm³/mol. The lowest BCUT2D eigenvalue weighted by molar-refractivity contribution is -0.135. The zero-order chi connectivity index (χ0) is 13.9. The highest BCUT2D eigenvalue weighted by Gasteiger charge is 2.11. The average molecular weight is 262 g/mol. The molecule has 0 saturated carbocycles. The first-order chi connectivity index (χ1) is 9.72. The monoisotopic (exact) mass is 262 g/mol. The third kappa shape index (κ3) is 2.54. The Morgan fingerprint density at radius 1 is 1.00 bits per heavy atom. The number of esters is 1. The predicted octanol–water partition coefficient (Wildman–Crippen LogP) is 3.93. The molecule has 0 saturated heterocycles. The van der Waals surface area contributed by atoms with Crippen LogP contribution in [-0.2, 0) is 16.0 Å². The Morgan fingerprint density at radius 2 is 1.75 bits per heavy atom. The molecule has 0 radical (unpaired) electrons. The molecule has 0 N–H and O–H groups in total. The normalized spacial score (nSPS) is 11.4. The molecular weight excluding hydrogens is 248 g/mol. The summed E-state index contributed by atoms with van der Waals surface area (Å²) in [5, 5.41) is 0. The highest BCUT2D eigenvalue weighted by Crippen LogP contribution is 2.27. The lowest BCUT2D eigenvalue weighted by Crippen LogP contribution is -2.07. The quantitative estimate of drug-likeness (QED) is 0.526. The van der Waals surface area contributed by atoms with Crippen molar-refractivity contribution in [3.05, 3.63) is 77.4 Å². The molecule has 0 atom stereocenters. The molecule has 0 bridgehead atoms. The van der Waals surface area contributed by atoms with Gasteiger partial charge in [-0.25, -0.2) is 0 Å². The SMILES string of the molecule is C=C(OC(=O)Cc1ccccc1)c1ccc2c(c1)C=C2. The number of fused-ring (bicyclic) bond motifs is 1. The van der Waals surface area contributed by atoms with Crippen molar-refractivity contribution in [1.29, 1.82) is 0 Å². The van der Waals surface area contributed by atoms with Gasteiger partial charge in [0, 0.05) is 5.56 Å². The van der Waals surface area contributed by atoms with Crippen molar-refractivity contribution in [2.45, 2.75) is 6.42 Å². The number of hydrogen-bond donors (Lipinski definition) is 0. The van der Waals surface area contributed by atoms with Crippen molar-refractivity contribution < 1.29 is 9.53 Å². The van der Waals surface area contributed by atoms with Gasteiger partial charge in [0.2, 0.25) is 0 Å². The smallest absolute Gasteiger partial charge is 0.315 e. The summed E-state index contributed by atoms with van der Waals surface area (Å²) in [5.74, 6) is 0.105. The average Bonchev–Trinajstić information content (AvgIpc) is 2.41. The first kappa shape index (κ1) is 12.4.